The van der Waals surface area contributed by atoms with Crippen molar-refractivity contribution in [1.29, 1.82) is 0 Å². The maximum Gasteiger partial charge on any atom is 0.295 e. The number of methoxy groups -OCH3 is 2. The van der Waals surface area contributed by atoms with Gasteiger partial charge in [0.1, 0.15) is 11.5 Å². The molecule has 0 aromatic heterocycles. The van der Waals surface area contributed by atoms with E-state index in [-0.39, 0.29) is 17.4 Å². The number of hydrogen-bond donors (Lipinski definition) is 1. The average Bonchev–Trinajstić information content (AvgIpc) is 3.06. The van der Waals surface area contributed by atoms with E-state index < -0.39 is 17.7 Å². The Kier molecular flexibility index (Phi) is 7.83. The van der Waals surface area contributed by atoms with E-state index in [1.165, 1.54) is 19.1 Å². The molecule has 1 fully saturated rings. The van der Waals surface area contributed by atoms with Crippen molar-refractivity contribution >= 4 is 17.4 Å². The van der Waals surface area contributed by atoms with E-state index in [1.54, 1.807) is 42.5 Å². The first-order valence-corrected chi connectivity index (χ1v) is 11.1. The van der Waals surface area contributed by atoms with Crippen molar-refractivity contribution in [2.75, 3.05) is 41.4 Å². The van der Waals surface area contributed by atoms with Gasteiger partial charge in [0.2, 0.25) is 0 Å². The van der Waals surface area contributed by atoms with Crippen LogP contribution in [0.15, 0.2) is 48.0 Å². The summed E-state index contributed by atoms with van der Waals surface area (Å²) in [6.07, 6.45) is 0.00604. The second kappa shape index (κ2) is 10.6. The number of ketones is 1. The monoisotopic (exact) mass is 468 g/mol. The SMILES string of the molecule is COc1ccc([C@@H]2C(=C(O)c3ccc(OC(C)C)cc3)C(=O)C(=O)N2CCN(C)C)cc1OC. The maximum absolute atomic E-state index is 13.1. The van der Waals surface area contributed by atoms with Crippen LogP contribution in [0.5, 0.6) is 17.2 Å². The Bertz CT molecular complexity index is 1080. The molecule has 1 aliphatic heterocycles. The first-order valence-electron chi connectivity index (χ1n) is 11.1. The Morgan fingerprint density at radius 2 is 1.68 bits per heavy atom. The third-order valence-corrected chi connectivity index (χ3v) is 5.55. The largest absolute Gasteiger partial charge is 0.507 e. The van der Waals surface area contributed by atoms with Crippen molar-refractivity contribution in [2.45, 2.75) is 26.0 Å². The minimum Gasteiger partial charge on any atom is -0.507 e. The van der Waals surface area contributed by atoms with Crippen LogP contribution in [0, 0.1) is 0 Å². The standard InChI is InChI=1S/C26H32N2O6/c1-16(2)34-19-10-7-17(8-11-19)24(29)22-23(18-9-12-20(32-5)21(15-18)33-6)28(14-13-27(3)4)26(31)25(22)30/h7-12,15-16,23,29H,13-14H2,1-6H3/t23-/m1/s1. The van der Waals surface area contributed by atoms with Crippen LogP contribution in [-0.2, 0) is 9.59 Å². The van der Waals surface area contributed by atoms with Gasteiger partial charge in [0.15, 0.2) is 11.5 Å². The molecule has 1 aliphatic rings. The average molecular weight is 469 g/mol. The zero-order valence-electron chi connectivity index (χ0n) is 20.5. The van der Waals surface area contributed by atoms with Gasteiger partial charge < -0.3 is 29.1 Å². The van der Waals surface area contributed by atoms with E-state index in [9.17, 15) is 14.7 Å². The Hall–Kier alpha value is -3.52. The van der Waals surface area contributed by atoms with Gasteiger partial charge in [-0.05, 0) is 69.9 Å². The molecule has 0 bridgehead atoms. The van der Waals surface area contributed by atoms with Gasteiger partial charge >= 0.3 is 0 Å². The molecule has 1 saturated heterocycles. The topological polar surface area (TPSA) is 88.5 Å². The van der Waals surface area contributed by atoms with Crippen molar-refractivity contribution < 1.29 is 28.9 Å². The maximum atomic E-state index is 13.1. The lowest BCUT2D eigenvalue weighted by molar-refractivity contribution is -0.140. The lowest BCUT2D eigenvalue weighted by Crippen LogP contribution is -2.35. The molecule has 8 heteroatoms. The molecular formula is C26H32N2O6. The van der Waals surface area contributed by atoms with Gasteiger partial charge in [0.25, 0.3) is 11.7 Å². The highest BCUT2D eigenvalue weighted by atomic mass is 16.5. The number of ether oxygens (including phenoxy) is 3. The fraction of sp³-hybridized carbons (Fsp3) is 0.385. The van der Waals surface area contributed by atoms with Crippen molar-refractivity contribution in [3.05, 3.63) is 59.2 Å². The number of hydrogen-bond acceptors (Lipinski definition) is 7. The lowest BCUT2D eigenvalue weighted by Gasteiger charge is -2.27. The predicted molar refractivity (Wildman–Crippen MR) is 129 cm³/mol. The summed E-state index contributed by atoms with van der Waals surface area (Å²) >= 11 is 0. The highest BCUT2D eigenvalue weighted by molar-refractivity contribution is 6.46. The number of aliphatic hydroxyl groups excluding tert-OH is 1. The zero-order valence-corrected chi connectivity index (χ0v) is 20.5. The Balaban J connectivity index is 2.12. The number of likely N-dealkylation sites (N-methyl/N-ethyl adjacent to an activating group) is 1. The van der Waals surface area contributed by atoms with Gasteiger partial charge in [0, 0.05) is 18.7 Å². The molecule has 0 radical (unpaired) electrons. The smallest absolute Gasteiger partial charge is 0.295 e. The molecule has 3 rings (SSSR count). The number of carbonyl (C=O) groups excluding carboxylic acids is 2. The van der Waals surface area contributed by atoms with Gasteiger partial charge in [-0.2, -0.15) is 0 Å². The Morgan fingerprint density at radius 3 is 2.24 bits per heavy atom. The van der Waals surface area contributed by atoms with Crippen molar-refractivity contribution in [3.8, 4) is 17.2 Å². The lowest BCUT2D eigenvalue weighted by atomic mass is 9.95. The molecule has 1 atom stereocenters. The number of aliphatic hydroxyl groups is 1. The van der Waals surface area contributed by atoms with Crippen LogP contribution in [0.4, 0.5) is 0 Å². The fourth-order valence-electron chi connectivity index (χ4n) is 3.91. The van der Waals surface area contributed by atoms with Crippen LogP contribution in [0.25, 0.3) is 5.76 Å². The normalized spacial score (nSPS) is 17.5. The molecule has 1 N–H and O–H groups in total. The van der Waals surface area contributed by atoms with Crippen LogP contribution in [0.1, 0.15) is 31.0 Å². The van der Waals surface area contributed by atoms with Crippen LogP contribution in [0.2, 0.25) is 0 Å². The van der Waals surface area contributed by atoms with Crippen LogP contribution in [0.3, 0.4) is 0 Å². The number of Topliss-reactive ketones (excluding diaryl/α,β-unsaturated/α-hetero) is 1. The summed E-state index contributed by atoms with van der Waals surface area (Å²) in [4.78, 5) is 29.6. The molecule has 2 aromatic rings. The summed E-state index contributed by atoms with van der Waals surface area (Å²) in [6, 6.07) is 11.2. The summed E-state index contributed by atoms with van der Waals surface area (Å²) in [5.74, 6) is 0.0307. The third kappa shape index (κ3) is 5.17. The van der Waals surface area contributed by atoms with E-state index >= 15 is 0 Å². The zero-order chi connectivity index (χ0) is 25.0. The minimum atomic E-state index is -0.772. The Morgan fingerprint density at radius 1 is 1.03 bits per heavy atom. The number of carbonyl (C=O) groups is 2. The minimum absolute atomic E-state index is 0.00604. The van der Waals surface area contributed by atoms with Gasteiger partial charge in [-0.15, -0.1) is 0 Å². The number of likely N-dealkylation sites (tertiary alicyclic amines) is 1. The highest BCUT2D eigenvalue weighted by Crippen LogP contribution is 2.42. The molecular weight excluding hydrogens is 436 g/mol. The second-order valence-electron chi connectivity index (χ2n) is 8.60. The third-order valence-electron chi connectivity index (χ3n) is 5.55. The molecule has 2 aromatic carbocycles. The highest BCUT2D eigenvalue weighted by Gasteiger charge is 2.46. The molecule has 34 heavy (non-hydrogen) atoms. The molecule has 1 amide bonds. The molecule has 182 valence electrons. The van der Waals surface area contributed by atoms with Gasteiger partial charge in [0.05, 0.1) is 31.9 Å². The summed E-state index contributed by atoms with van der Waals surface area (Å²) < 4.78 is 16.4. The quantitative estimate of drug-likeness (QED) is 0.342. The predicted octanol–water partition coefficient (Wildman–Crippen LogP) is 3.47. The summed E-state index contributed by atoms with van der Waals surface area (Å²) in [6.45, 7) is 4.71. The molecule has 0 spiro atoms. The van der Waals surface area contributed by atoms with Crippen LogP contribution >= 0.6 is 0 Å². The molecule has 0 aliphatic carbocycles. The van der Waals surface area contributed by atoms with E-state index in [2.05, 4.69) is 0 Å². The van der Waals surface area contributed by atoms with Gasteiger partial charge in [-0.3, -0.25) is 9.59 Å². The van der Waals surface area contributed by atoms with Gasteiger partial charge in [-0.1, -0.05) is 6.07 Å². The Labute approximate surface area is 200 Å². The summed E-state index contributed by atoms with van der Waals surface area (Å²) in [7, 11) is 6.84. The molecule has 8 nitrogen and oxygen atoms in total. The number of nitrogens with zero attached hydrogens (tertiary/aromatic N) is 2. The first kappa shape index (κ1) is 25.1. The molecule has 0 saturated carbocycles. The number of benzene rings is 2. The van der Waals surface area contributed by atoms with E-state index in [4.69, 9.17) is 14.2 Å². The van der Waals surface area contributed by atoms with E-state index in [0.717, 1.165) is 0 Å². The van der Waals surface area contributed by atoms with Crippen molar-refractivity contribution in [2.24, 2.45) is 0 Å². The molecule has 1 heterocycles. The summed E-state index contributed by atoms with van der Waals surface area (Å²) in [5, 5.41) is 11.2. The summed E-state index contributed by atoms with van der Waals surface area (Å²) in [5.41, 5.74) is 1.10. The fourth-order valence-corrected chi connectivity index (χ4v) is 3.91. The van der Waals surface area contributed by atoms with E-state index in [0.29, 0.717) is 41.5 Å². The van der Waals surface area contributed by atoms with Crippen LogP contribution < -0.4 is 14.2 Å². The second-order valence-corrected chi connectivity index (χ2v) is 8.60. The van der Waals surface area contributed by atoms with Crippen molar-refractivity contribution in [1.82, 2.24) is 9.80 Å². The first-order chi connectivity index (χ1) is 16.2. The van der Waals surface area contributed by atoms with Crippen LogP contribution in [-0.4, -0.2) is 74.1 Å². The molecule has 0 unspecified atom stereocenters. The van der Waals surface area contributed by atoms with E-state index in [1.807, 2.05) is 32.8 Å². The number of amides is 1. The number of rotatable bonds is 9. The van der Waals surface area contributed by atoms with Gasteiger partial charge in [-0.25, -0.2) is 0 Å². The van der Waals surface area contributed by atoms with Crippen molar-refractivity contribution in [3.63, 3.8) is 0 Å².